The summed E-state index contributed by atoms with van der Waals surface area (Å²) < 4.78 is 6.85. The average molecular weight is 335 g/mol. The first-order valence-corrected chi connectivity index (χ1v) is 7.74. The number of fused-ring (bicyclic) bond motifs is 1. The van der Waals surface area contributed by atoms with Crippen LogP contribution in [-0.2, 0) is 11.3 Å². The van der Waals surface area contributed by atoms with Gasteiger partial charge in [0.1, 0.15) is 5.75 Å². The number of aliphatic carboxylic acids is 1. The van der Waals surface area contributed by atoms with Gasteiger partial charge in [0.2, 0.25) is 0 Å². The average Bonchev–Trinajstić information content (AvgIpc) is 2.63. The maximum Gasteiger partial charge on any atom is 0.328 e. The summed E-state index contributed by atoms with van der Waals surface area (Å²) in [5, 5.41) is 9.60. The summed E-state index contributed by atoms with van der Waals surface area (Å²) in [7, 11) is 1.61. The molecule has 1 aromatic heterocycles. The highest BCUT2D eigenvalue weighted by Gasteiger charge is 2.05. The van der Waals surface area contributed by atoms with Crippen LogP contribution in [0.3, 0.4) is 0 Å². The fourth-order valence-electron chi connectivity index (χ4n) is 2.67. The van der Waals surface area contributed by atoms with Gasteiger partial charge in [0.25, 0.3) is 5.56 Å². The molecular weight excluding hydrogens is 318 g/mol. The van der Waals surface area contributed by atoms with Crippen molar-refractivity contribution in [1.82, 2.24) is 4.57 Å². The second kappa shape index (κ2) is 7.05. The smallest absolute Gasteiger partial charge is 0.328 e. The Labute approximate surface area is 144 Å². The van der Waals surface area contributed by atoms with E-state index < -0.39 is 5.97 Å². The van der Waals surface area contributed by atoms with Crippen molar-refractivity contribution < 1.29 is 14.6 Å². The maximum atomic E-state index is 12.3. The standard InChI is InChI=1S/C20H17NO4/c1-25-17-7-2-15(3-8-17)13-21-18-9-4-14(5-11-20(23)24)12-16(18)6-10-19(21)22/h2-12H,13H2,1H3,(H,23,24). The largest absolute Gasteiger partial charge is 0.497 e. The first-order chi connectivity index (χ1) is 12.1. The van der Waals surface area contributed by atoms with Gasteiger partial charge in [0, 0.05) is 12.1 Å². The Bertz CT molecular complexity index is 1000. The molecule has 126 valence electrons. The van der Waals surface area contributed by atoms with Gasteiger partial charge in [0.05, 0.1) is 19.2 Å². The minimum atomic E-state index is -0.996. The molecule has 0 saturated carbocycles. The third kappa shape index (κ3) is 3.77. The van der Waals surface area contributed by atoms with Crippen molar-refractivity contribution in [1.29, 1.82) is 0 Å². The van der Waals surface area contributed by atoms with E-state index in [9.17, 15) is 9.59 Å². The molecule has 0 bridgehead atoms. The Kier molecular flexibility index (Phi) is 4.66. The predicted molar refractivity (Wildman–Crippen MR) is 97.0 cm³/mol. The zero-order valence-corrected chi connectivity index (χ0v) is 13.7. The van der Waals surface area contributed by atoms with Gasteiger partial charge in [-0.25, -0.2) is 4.79 Å². The highest BCUT2D eigenvalue weighted by Crippen LogP contribution is 2.18. The fourth-order valence-corrected chi connectivity index (χ4v) is 2.67. The fraction of sp³-hybridized carbons (Fsp3) is 0.100. The third-order valence-electron chi connectivity index (χ3n) is 3.93. The van der Waals surface area contributed by atoms with Crippen molar-refractivity contribution in [3.05, 3.63) is 82.2 Å². The number of carbonyl (C=O) groups is 1. The molecule has 0 atom stereocenters. The molecule has 0 amide bonds. The number of pyridine rings is 1. The van der Waals surface area contributed by atoms with Crippen molar-refractivity contribution >= 4 is 22.9 Å². The van der Waals surface area contributed by atoms with Crippen LogP contribution >= 0.6 is 0 Å². The molecule has 3 rings (SSSR count). The monoisotopic (exact) mass is 335 g/mol. The van der Waals surface area contributed by atoms with Crippen molar-refractivity contribution in [2.45, 2.75) is 6.54 Å². The zero-order chi connectivity index (χ0) is 17.8. The van der Waals surface area contributed by atoms with E-state index in [1.165, 1.54) is 12.1 Å². The summed E-state index contributed by atoms with van der Waals surface area (Å²) in [6, 6.07) is 16.3. The molecule has 25 heavy (non-hydrogen) atoms. The van der Waals surface area contributed by atoms with Crippen molar-refractivity contribution in [2.75, 3.05) is 7.11 Å². The Morgan fingerprint density at radius 3 is 2.56 bits per heavy atom. The number of benzene rings is 2. The lowest BCUT2D eigenvalue weighted by Crippen LogP contribution is -2.19. The molecule has 5 nitrogen and oxygen atoms in total. The van der Waals surface area contributed by atoms with Gasteiger partial charge in [-0.1, -0.05) is 18.2 Å². The first-order valence-electron chi connectivity index (χ1n) is 7.74. The van der Waals surface area contributed by atoms with Crippen LogP contribution in [0.15, 0.2) is 65.5 Å². The number of ether oxygens (including phenoxy) is 1. The molecule has 0 spiro atoms. The summed E-state index contributed by atoms with van der Waals surface area (Å²) in [4.78, 5) is 22.9. The van der Waals surface area contributed by atoms with E-state index in [2.05, 4.69) is 0 Å². The van der Waals surface area contributed by atoms with Crippen molar-refractivity contribution in [2.24, 2.45) is 0 Å². The molecule has 3 aromatic rings. The van der Waals surface area contributed by atoms with Gasteiger partial charge < -0.3 is 14.4 Å². The second-order valence-corrected chi connectivity index (χ2v) is 5.60. The molecule has 5 heteroatoms. The topological polar surface area (TPSA) is 68.5 Å². The molecule has 0 fully saturated rings. The normalized spacial score (nSPS) is 11.1. The van der Waals surface area contributed by atoms with Crippen LogP contribution in [-0.4, -0.2) is 22.8 Å². The minimum absolute atomic E-state index is 0.0860. The number of rotatable bonds is 5. The molecular formula is C20H17NO4. The Morgan fingerprint density at radius 2 is 1.88 bits per heavy atom. The number of aromatic nitrogens is 1. The van der Waals surface area contributed by atoms with Crippen LogP contribution in [0.25, 0.3) is 17.0 Å². The number of carboxylic acid groups (broad SMARTS) is 1. The minimum Gasteiger partial charge on any atom is -0.497 e. The van der Waals surface area contributed by atoms with E-state index in [0.29, 0.717) is 6.54 Å². The van der Waals surface area contributed by atoms with Gasteiger partial charge in [-0.3, -0.25) is 4.79 Å². The quantitative estimate of drug-likeness (QED) is 0.727. The number of hydrogen-bond acceptors (Lipinski definition) is 3. The van der Waals surface area contributed by atoms with Crippen LogP contribution in [0.2, 0.25) is 0 Å². The highest BCUT2D eigenvalue weighted by molar-refractivity contribution is 5.87. The molecule has 0 unspecified atom stereocenters. The van der Waals surface area contributed by atoms with E-state index in [-0.39, 0.29) is 5.56 Å². The lowest BCUT2D eigenvalue weighted by molar-refractivity contribution is -0.131. The molecule has 1 heterocycles. The van der Waals surface area contributed by atoms with Gasteiger partial charge >= 0.3 is 5.97 Å². The van der Waals surface area contributed by atoms with Crippen LogP contribution in [0.5, 0.6) is 5.75 Å². The maximum absolute atomic E-state index is 12.3. The van der Waals surface area contributed by atoms with E-state index in [1.54, 1.807) is 23.8 Å². The Balaban J connectivity index is 2.00. The number of nitrogens with zero attached hydrogens (tertiary/aromatic N) is 1. The zero-order valence-electron chi connectivity index (χ0n) is 13.7. The number of hydrogen-bond donors (Lipinski definition) is 1. The second-order valence-electron chi connectivity index (χ2n) is 5.60. The number of carboxylic acids is 1. The first kappa shape index (κ1) is 16.5. The molecule has 0 saturated heterocycles. The van der Waals surface area contributed by atoms with Gasteiger partial charge in [0.15, 0.2) is 0 Å². The summed E-state index contributed by atoms with van der Waals surface area (Å²) >= 11 is 0. The van der Waals surface area contributed by atoms with E-state index in [4.69, 9.17) is 9.84 Å². The molecule has 0 aliphatic heterocycles. The lowest BCUT2D eigenvalue weighted by atomic mass is 10.1. The number of methoxy groups -OCH3 is 1. The van der Waals surface area contributed by atoms with Crippen LogP contribution < -0.4 is 10.3 Å². The summed E-state index contributed by atoms with van der Waals surface area (Å²) in [5.74, 6) is -0.228. The molecule has 0 aliphatic carbocycles. The highest BCUT2D eigenvalue weighted by atomic mass is 16.5. The van der Waals surface area contributed by atoms with Crippen LogP contribution in [0.4, 0.5) is 0 Å². The Morgan fingerprint density at radius 1 is 1.12 bits per heavy atom. The summed E-state index contributed by atoms with van der Waals surface area (Å²) in [5.41, 5.74) is 2.47. The van der Waals surface area contributed by atoms with Gasteiger partial charge in [-0.2, -0.15) is 0 Å². The van der Waals surface area contributed by atoms with Crippen LogP contribution in [0.1, 0.15) is 11.1 Å². The van der Waals surface area contributed by atoms with E-state index in [0.717, 1.165) is 33.9 Å². The summed E-state index contributed by atoms with van der Waals surface area (Å²) in [6.45, 7) is 0.449. The lowest BCUT2D eigenvalue weighted by Gasteiger charge is -2.11. The molecule has 0 radical (unpaired) electrons. The molecule has 0 aliphatic rings. The van der Waals surface area contributed by atoms with Crippen molar-refractivity contribution in [3.63, 3.8) is 0 Å². The predicted octanol–water partition coefficient (Wildman–Crippen LogP) is 3.16. The van der Waals surface area contributed by atoms with Gasteiger partial charge in [-0.15, -0.1) is 0 Å². The molecule has 1 N–H and O–H groups in total. The van der Waals surface area contributed by atoms with E-state index >= 15 is 0 Å². The SMILES string of the molecule is COc1ccc(Cn2c(=O)ccc3cc(C=CC(=O)O)ccc32)cc1. The van der Waals surface area contributed by atoms with Crippen molar-refractivity contribution in [3.8, 4) is 5.75 Å². The summed E-state index contributed by atoms with van der Waals surface area (Å²) in [6.07, 6.45) is 2.62. The molecule has 2 aromatic carbocycles. The third-order valence-corrected chi connectivity index (χ3v) is 3.93. The Hall–Kier alpha value is -3.34. The van der Waals surface area contributed by atoms with E-state index in [1.807, 2.05) is 36.4 Å². The van der Waals surface area contributed by atoms with Gasteiger partial charge in [-0.05, 0) is 52.9 Å². The van der Waals surface area contributed by atoms with Crippen LogP contribution in [0, 0.1) is 0 Å².